The van der Waals surface area contributed by atoms with E-state index >= 15 is 0 Å². The first-order chi connectivity index (χ1) is 9.45. The summed E-state index contributed by atoms with van der Waals surface area (Å²) in [6.45, 7) is 15.2. The summed E-state index contributed by atoms with van der Waals surface area (Å²) in [4.78, 5) is 0. The first-order valence-corrected chi connectivity index (χ1v) is 8.43. The van der Waals surface area contributed by atoms with Gasteiger partial charge in [-0.1, -0.05) is 96.3 Å². The molecule has 0 aromatic rings. The zero-order valence-electron chi connectivity index (χ0n) is 14.5. The maximum absolute atomic E-state index is 3.76. The summed E-state index contributed by atoms with van der Waals surface area (Å²) in [5.74, 6) is 2.44. The second-order valence-electron chi connectivity index (χ2n) is 6.84. The van der Waals surface area contributed by atoms with Gasteiger partial charge in [-0.25, -0.2) is 0 Å². The summed E-state index contributed by atoms with van der Waals surface area (Å²) in [6.07, 6.45) is 16.8. The van der Waals surface area contributed by atoms with Crippen LogP contribution < -0.4 is 0 Å². The fraction of sp³-hybridized carbons (Fsp3) is 0.700. The van der Waals surface area contributed by atoms with Crippen LogP contribution in [0.25, 0.3) is 0 Å². The quantitative estimate of drug-likeness (QED) is 0.358. The lowest BCUT2D eigenvalue weighted by Crippen LogP contribution is -1.98. The Morgan fingerprint density at radius 3 is 2.10 bits per heavy atom. The van der Waals surface area contributed by atoms with Crippen LogP contribution in [0.2, 0.25) is 0 Å². The van der Waals surface area contributed by atoms with Crippen molar-refractivity contribution in [3.8, 4) is 0 Å². The highest BCUT2D eigenvalue weighted by atomic mass is 14.1. The molecule has 0 aliphatic heterocycles. The molecule has 0 heteroatoms. The molecular formula is C20H36. The molecule has 0 fully saturated rings. The number of hydrogen-bond acceptors (Lipinski definition) is 0. The van der Waals surface area contributed by atoms with Crippen LogP contribution >= 0.6 is 0 Å². The molecule has 2 unspecified atom stereocenters. The number of hydrogen-bond donors (Lipinski definition) is 0. The van der Waals surface area contributed by atoms with Gasteiger partial charge >= 0.3 is 0 Å². The largest absolute Gasteiger partial charge is 0.0988 e. The van der Waals surface area contributed by atoms with Crippen molar-refractivity contribution in [1.82, 2.24) is 0 Å². The predicted octanol–water partition coefficient (Wildman–Crippen LogP) is 6.94. The monoisotopic (exact) mass is 276 g/mol. The molecule has 0 nitrogen and oxygen atoms in total. The Morgan fingerprint density at radius 1 is 0.950 bits per heavy atom. The minimum absolute atomic E-state index is 0.687. The van der Waals surface area contributed by atoms with E-state index in [1.165, 1.54) is 44.1 Å². The van der Waals surface area contributed by atoms with Gasteiger partial charge in [0.05, 0.1) is 0 Å². The van der Waals surface area contributed by atoms with Crippen molar-refractivity contribution >= 4 is 0 Å². The van der Waals surface area contributed by atoms with Gasteiger partial charge in [0.2, 0.25) is 0 Å². The second kappa shape index (κ2) is 12.0. The number of rotatable bonds is 11. The Balaban J connectivity index is 3.69. The standard InChI is InChI=1S/C20H36/c1-7-18(4)12-9-14-20(6)16-10-15-19(5)13-8-11-17(2)3/h7,9,12,14,17,19-20H,1,8,10-11,13,15-16H2,2-6H3/b14-9+,18-12+. The third kappa shape index (κ3) is 12.3. The third-order valence-corrected chi connectivity index (χ3v) is 3.96. The maximum Gasteiger partial charge on any atom is -0.0259 e. The van der Waals surface area contributed by atoms with Crippen LogP contribution in [0, 0.1) is 17.8 Å². The highest BCUT2D eigenvalue weighted by Crippen LogP contribution is 2.19. The molecule has 0 aliphatic rings. The molecule has 2 atom stereocenters. The van der Waals surface area contributed by atoms with Gasteiger partial charge < -0.3 is 0 Å². The molecule has 0 aromatic heterocycles. The minimum Gasteiger partial charge on any atom is -0.0988 e. The van der Waals surface area contributed by atoms with Crippen LogP contribution in [0.5, 0.6) is 0 Å². The van der Waals surface area contributed by atoms with Crippen molar-refractivity contribution < 1.29 is 0 Å². The van der Waals surface area contributed by atoms with Gasteiger partial charge in [-0.05, 0) is 31.1 Å². The van der Waals surface area contributed by atoms with Gasteiger partial charge in [-0.15, -0.1) is 0 Å². The summed E-state index contributed by atoms with van der Waals surface area (Å²) in [5, 5.41) is 0. The first-order valence-electron chi connectivity index (χ1n) is 8.43. The van der Waals surface area contributed by atoms with Crippen LogP contribution in [0.3, 0.4) is 0 Å². The summed E-state index contributed by atoms with van der Waals surface area (Å²) in [5.41, 5.74) is 1.23. The Bertz CT molecular complexity index is 293. The first kappa shape index (κ1) is 19.2. The predicted molar refractivity (Wildman–Crippen MR) is 94.0 cm³/mol. The SMILES string of the molecule is C=C/C(C)=C/C=C/C(C)CCCC(C)CCCC(C)C. The van der Waals surface area contributed by atoms with E-state index in [1.54, 1.807) is 0 Å². The van der Waals surface area contributed by atoms with E-state index in [0.717, 1.165) is 11.8 Å². The molecule has 0 saturated heterocycles. The fourth-order valence-corrected chi connectivity index (χ4v) is 2.37. The third-order valence-electron chi connectivity index (χ3n) is 3.96. The van der Waals surface area contributed by atoms with Crippen molar-refractivity contribution in [3.63, 3.8) is 0 Å². The van der Waals surface area contributed by atoms with Gasteiger partial charge in [-0.2, -0.15) is 0 Å². The molecule has 0 radical (unpaired) electrons. The van der Waals surface area contributed by atoms with E-state index in [-0.39, 0.29) is 0 Å². The average Bonchev–Trinajstić information content (AvgIpc) is 2.38. The van der Waals surface area contributed by atoms with E-state index in [2.05, 4.69) is 59.4 Å². The molecule has 116 valence electrons. The Hall–Kier alpha value is -0.780. The Kier molecular flexibility index (Phi) is 11.5. The van der Waals surface area contributed by atoms with E-state index in [4.69, 9.17) is 0 Å². The topological polar surface area (TPSA) is 0 Å². The van der Waals surface area contributed by atoms with Crippen LogP contribution in [0.4, 0.5) is 0 Å². The highest BCUT2D eigenvalue weighted by molar-refractivity contribution is 5.19. The van der Waals surface area contributed by atoms with E-state index in [9.17, 15) is 0 Å². The second-order valence-corrected chi connectivity index (χ2v) is 6.84. The van der Waals surface area contributed by atoms with Crippen molar-refractivity contribution in [2.45, 2.75) is 73.1 Å². The molecule has 0 amide bonds. The van der Waals surface area contributed by atoms with Crippen LogP contribution in [-0.4, -0.2) is 0 Å². The summed E-state index contributed by atoms with van der Waals surface area (Å²) < 4.78 is 0. The summed E-state index contributed by atoms with van der Waals surface area (Å²) >= 11 is 0. The normalized spacial score (nSPS) is 15.8. The van der Waals surface area contributed by atoms with Crippen molar-refractivity contribution in [2.24, 2.45) is 17.8 Å². The van der Waals surface area contributed by atoms with Gasteiger partial charge in [-0.3, -0.25) is 0 Å². The summed E-state index contributed by atoms with van der Waals surface area (Å²) in [6, 6.07) is 0. The highest BCUT2D eigenvalue weighted by Gasteiger charge is 2.04. The molecular weight excluding hydrogens is 240 g/mol. The number of allylic oxidation sites excluding steroid dienone is 5. The van der Waals surface area contributed by atoms with Gasteiger partial charge in [0.1, 0.15) is 0 Å². The lowest BCUT2D eigenvalue weighted by molar-refractivity contribution is 0.413. The molecule has 0 bridgehead atoms. The smallest absolute Gasteiger partial charge is 0.0259 e. The molecule has 0 rings (SSSR count). The fourth-order valence-electron chi connectivity index (χ4n) is 2.37. The van der Waals surface area contributed by atoms with Crippen LogP contribution in [-0.2, 0) is 0 Å². The molecule has 0 aromatic carbocycles. The molecule has 0 heterocycles. The molecule has 0 aliphatic carbocycles. The van der Waals surface area contributed by atoms with Crippen LogP contribution in [0.15, 0.2) is 36.5 Å². The summed E-state index contributed by atoms with van der Waals surface area (Å²) in [7, 11) is 0. The minimum atomic E-state index is 0.687. The van der Waals surface area contributed by atoms with Gasteiger partial charge in [0.15, 0.2) is 0 Å². The van der Waals surface area contributed by atoms with Crippen molar-refractivity contribution in [3.05, 3.63) is 36.5 Å². The van der Waals surface area contributed by atoms with E-state index in [0.29, 0.717) is 5.92 Å². The lowest BCUT2D eigenvalue weighted by Gasteiger charge is -2.13. The van der Waals surface area contributed by atoms with Crippen molar-refractivity contribution in [1.29, 1.82) is 0 Å². The molecule has 20 heavy (non-hydrogen) atoms. The van der Waals surface area contributed by atoms with E-state index < -0.39 is 0 Å². The zero-order chi connectivity index (χ0) is 15.4. The van der Waals surface area contributed by atoms with Crippen molar-refractivity contribution in [2.75, 3.05) is 0 Å². The van der Waals surface area contributed by atoms with E-state index in [1.807, 2.05) is 6.08 Å². The zero-order valence-corrected chi connectivity index (χ0v) is 14.5. The molecule has 0 spiro atoms. The molecule has 0 N–H and O–H groups in total. The lowest BCUT2D eigenvalue weighted by atomic mass is 9.93. The molecule has 0 saturated carbocycles. The van der Waals surface area contributed by atoms with Crippen LogP contribution in [0.1, 0.15) is 73.1 Å². The maximum atomic E-state index is 3.76. The van der Waals surface area contributed by atoms with Gasteiger partial charge in [0, 0.05) is 0 Å². The Labute approximate surface area is 128 Å². The van der Waals surface area contributed by atoms with Gasteiger partial charge in [0.25, 0.3) is 0 Å². The average molecular weight is 277 g/mol. The Morgan fingerprint density at radius 2 is 1.55 bits per heavy atom.